The Morgan fingerprint density at radius 1 is 1.03 bits per heavy atom. The van der Waals surface area contributed by atoms with Crippen molar-refractivity contribution in [2.45, 2.75) is 19.9 Å². The number of carbonyl (C=O) groups is 2. The normalized spacial score (nSPS) is 15.1. The molecule has 0 saturated carbocycles. The fraction of sp³-hybridized carbons (Fsp3) is 0.259. The van der Waals surface area contributed by atoms with E-state index in [1.54, 1.807) is 62.4 Å². The summed E-state index contributed by atoms with van der Waals surface area (Å²) in [4.78, 5) is 43.5. The zero-order chi connectivity index (χ0) is 26.7. The van der Waals surface area contributed by atoms with E-state index in [0.29, 0.717) is 37.7 Å². The fourth-order valence-corrected chi connectivity index (χ4v) is 5.16. The van der Waals surface area contributed by atoms with Crippen LogP contribution in [-0.4, -0.2) is 44.4 Å². The molecular weight excluding hydrogens is 496 g/mol. The Kier molecular flexibility index (Phi) is 7.58. The van der Waals surface area contributed by atoms with Crippen molar-refractivity contribution in [1.82, 2.24) is 4.57 Å². The minimum atomic E-state index is -0.779. The molecule has 0 aliphatic carbocycles. The maximum Gasteiger partial charge on any atom is 0.338 e. The van der Waals surface area contributed by atoms with E-state index in [1.807, 2.05) is 0 Å². The molecule has 4 rings (SSSR count). The smallest absolute Gasteiger partial charge is 0.338 e. The van der Waals surface area contributed by atoms with Crippen LogP contribution in [0.2, 0.25) is 0 Å². The Morgan fingerprint density at radius 2 is 1.73 bits per heavy atom. The molecule has 0 N–H and O–H groups in total. The molecule has 0 saturated heterocycles. The molecule has 0 bridgehead atoms. The van der Waals surface area contributed by atoms with E-state index < -0.39 is 18.0 Å². The number of fused-ring (bicyclic) bond motifs is 1. The number of thiazole rings is 1. The second-order valence-corrected chi connectivity index (χ2v) is 9.04. The van der Waals surface area contributed by atoms with E-state index in [9.17, 15) is 14.4 Å². The zero-order valence-electron chi connectivity index (χ0n) is 21.1. The largest absolute Gasteiger partial charge is 0.493 e. The summed E-state index contributed by atoms with van der Waals surface area (Å²) in [5.41, 5.74) is 2.20. The topological polar surface area (TPSA) is 105 Å². The number of carbonyl (C=O) groups excluding carboxylic acids is 2. The second-order valence-electron chi connectivity index (χ2n) is 8.03. The van der Waals surface area contributed by atoms with E-state index in [2.05, 4.69) is 4.99 Å². The van der Waals surface area contributed by atoms with Gasteiger partial charge in [-0.25, -0.2) is 14.6 Å². The highest BCUT2D eigenvalue weighted by molar-refractivity contribution is 7.07. The molecule has 0 unspecified atom stereocenters. The van der Waals surface area contributed by atoms with Crippen molar-refractivity contribution in [3.63, 3.8) is 0 Å². The van der Waals surface area contributed by atoms with Gasteiger partial charge in [0.2, 0.25) is 0 Å². The van der Waals surface area contributed by atoms with Crippen LogP contribution in [0.3, 0.4) is 0 Å². The third-order valence-electron chi connectivity index (χ3n) is 5.87. The summed E-state index contributed by atoms with van der Waals surface area (Å²) in [6, 6.07) is 11.2. The molecule has 1 aliphatic heterocycles. The summed E-state index contributed by atoms with van der Waals surface area (Å²) in [5, 5.41) is 0. The van der Waals surface area contributed by atoms with Crippen LogP contribution < -0.4 is 24.4 Å². The molecule has 192 valence electrons. The second kappa shape index (κ2) is 10.8. The number of rotatable bonds is 7. The van der Waals surface area contributed by atoms with Gasteiger partial charge in [0.05, 0.1) is 55.3 Å². The van der Waals surface area contributed by atoms with Crippen molar-refractivity contribution in [2.24, 2.45) is 4.99 Å². The molecule has 2 aromatic carbocycles. The van der Waals surface area contributed by atoms with E-state index in [0.717, 1.165) is 5.56 Å². The summed E-state index contributed by atoms with van der Waals surface area (Å²) in [6.07, 6.45) is 1.72. The van der Waals surface area contributed by atoms with Crippen LogP contribution in [0.1, 0.15) is 41.4 Å². The molecule has 0 radical (unpaired) electrons. The number of esters is 2. The van der Waals surface area contributed by atoms with E-state index in [1.165, 1.54) is 37.2 Å². The van der Waals surface area contributed by atoms with Gasteiger partial charge in [0.25, 0.3) is 5.56 Å². The van der Waals surface area contributed by atoms with Gasteiger partial charge in [-0.15, -0.1) is 0 Å². The van der Waals surface area contributed by atoms with Crippen LogP contribution in [0.25, 0.3) is 6.08 Å². The molecule has 1 aromatic heterocycles. The lowest BCUT2D eigenvalue weighted by Crippen LogP contribution is -2.39. The van der Waals surface area contributed by atoms with Gasteiger partial charge in [-0.05, 0) is 55.3 Å². The van der Waals surface area contributed by atoms with Gasteiger partial charge < -0.3 is 18.9 Å². The van der Waals surface area contributed by atoms with Gasteiger partial charge in [-0.2, -0.15) is 0 Å². The number of benzene rings is 2. The van der Waals surface area contributed by atoms with Gasteiger partial charge >= 0.3 is 11.9 Å². The van der Waals surface area contributed by atoms with Gasteiger partial charge in [-0.1, -0.05) is 29.5 Å². The van der Waals surface area contributed by atoms with Gasteiger partial charge in [0.1, 0.15) is 0 Å². The first kappa shape index (κ1) is 25.9. The molecule has 3 aromatic rings. The molecular formula is C27H26N2O7S. The number of hydrogen-bond acceptors (Lipinski definition) is 9. The van der Waals surface area contributed by atoms with Crippen LogP contribution >= 0.6 is 11.3 Å². The number of aromatic nitrogens is 1. The average molecular weight is 523 g/mol. The molecule has 2 heterocycles. The Bertz CT molecular complexity index is 1570. The first-order chi connectivity index (χ1) is 17.8. The molecule has 1 aliphatic rings. The quantitative estimate of drug-likeness (QED) is 0.439. The molecule has 10 heteroatoms. The van der Waals surface area contributed by atoms with Crippen LogP contribution in [0.15, 0.2) is 63.5 Å². The molecule has 1 atom stereocenters. The number of ether oxygens (including phenoxy) is 4. The highest BCUT2D eigenvalue weighted by Crippen LogP contribution is 2.36. The lowest BCUT2D eigenvalue weighted by molar-refractivity contribution is -0.139. The predicted octanol–water partition coefficient (Wildman–Crippen LogP) is 2.60. The maximum absolute atomic E-state index is 13.7. The molecule has 0 amide bonds. The van der Waals surface area contributed by atoms with Crippen molar-refractivity contribution in [1.29, 1.82) is 0 Å². The van der Waals surface area contributed by atoms with Gasteiger partial charge in [0, 0.05) is 0 Å². The van der Waals surface area contributed by atoms with Crippen molar-refractivity contribution < 1.29 is 28.5 Å². The van der Waals surface area contributed by atoms with Crippen molar-refractivity contribution >= 4 is 29.4 Å². The van der Waals surface area contributed by atoms with Crippen molar-refractivity contribution in [3.8, 4) is 11.5 Å². The molecule has 37 heavy (non-hydrogen) atoms. The van der Waals surface area contributed by atoms with E-state index in [-0.39, 0.29) is 17.7 Å². The Hall–Kier alpha value is -4.18. The Morgan fingerprint density at radius 3 is 2.35 bits per heavy atom. The number of hydrogen-bond donors (Lipinski definition) is 0. The van der Waals surface area contributed by atoms with E-state index in [4.69, 9.17) is 18.9 Å². The van der Waals surface area contributed by atoms with Gasteiger partial charge in [-0.3, -0.25) is 9.36 Å². The average Bonchev–Trinajstić information content (AvgIpc) is 3.21. The number of methoxy groups -OCH3 is 3. The summed E-state index contributed by atoms with van der Waals surface area (Å²) in [6.45, 7) is 3.63. The zero-order valence-corrected chi connectivity index (χ0v) is 21.9. The predicted molar refractivity (Wildman–Crippen MR) is 138 cm³/mol. The molecule has 9 nitrogen and oxygen atoms in total. The summed E-state index contributed by atoms with van der Waals surface area (Å²) >= 11 is 1.21. The highest BCUT2D eigenvalue weighted by atomic mass is 32.1. The third kappa shape index (κ3) is 4.92. The highest BCUT2D eigenvalue weighted by Gasteiger charge is 2.33. The Balaban J connectivity index is 1.90. The fourth-order valence-electron chi connectivity index (χ4n) is 4.11. The van der Waals surface area contributed by atoms with Crippen molar-refractivity contribution in [3.05, 3.63) is 90.1 Å². The summed E-state index contributed by atoms with van der Waals surface area (Å²) in [7, 11) is 4.37. The molecule has 0 spiro atoms. The summed E-state index contributed by atoms with van der Waals surface area (Å²) < 4.78 is 22.8. The van der Waals surface area contributed by atoms with E-state index >= 15 is 0 Å². The van der Waals surface area contributed by atoms with Crippen LogP contribution in [0, 0.1) is 0 Å². The van der Waals surface area contributed by atoms with Crippen LogP contribution in [0.5, 0.6) is 11.5 Å². The third-order valence-corrected chi connectivity index (χ3v) is 6.85. The summed E-state index contributed by atoms with van der Waals surface area (Å²) in [5.74, 6) is -0.00263. The van der Waals surface area contributed by atoms with Gasteiger partial charge in [0.15, 0.2) is 16.3 Å². The first-order valence-corrected chi connectivity index (χ1v) is 12.2. The number of allylic oxidation sites excluding steroid dienone is 1. The molecule has 0 fully saturated rings. The SMILES string of the molecule is CCOC(=O)C1=C(C)N=c2s/c(=C\c3ccc(C(=O)OC)cc3)c(=O)n2[C@@H]1c1ccc(OC)c(OC)c1. The Labute approximate surface area is 216 Å². The number of nitrogens with zero attached hydrogens (tertiary/aromatic N) is 2. The minimum Gasteiger partial charge on any atom is -0.493 e. The minimum absolute atomic E-state index is 0.181. The maximum atomic E-state index is 13.7. The monoisotopic (exact) mass is 522 g/mol. The van der Waals surface area contributed by atoms with Crippen LogP contribution in [0.4, 0.5) is 0 Å². The van der Waals surface area contributed by atoms with Crippen LogP contribution in [-0.2, 0) is 14.3 Å². The standard InChI is InChI=1S/C27H26N2O7S/c1-6-36-26(32)22-15(2)28-27-29(23(22)18-11-12-19(33-3)20(14-18)34-4)24(30)21(37-27)13-16-7-9-17(10-8-16)25(31)35-5/h7-14,23H,6H2,1-5H3/b21-13-/t23-/m1/s1. The van der Waals surface area contributed by atoms with Crippen molar-refractivity contribution in [2.75, 3.05) is 27.9 Å². The lowest BCUT2D eigenvalue weighted by atomic mass is 9.95. The first-order valence-electron chi connectivity index (χ1n) is 11.4. The lowest BCUT2D eigenvalue weighted by Gasteiger charge is -2.25.